The fraction of sp³-hybridized carbons (Fsp3) is 0.455. The van der Waals surface area contributed by atoms with Crippen molar-refractivity contribution in [2.24, 2.45) is 11.7 Å². The van der Waals surface area contributed by atoms with Gasteiger partial charge in [0.1, 0.15) is 0 Å². The minimum absolute atomic E-state index is 0.0429. The van der Waals surface area contributed by atoms with Gasteiger partial charge in [0.25, 0.3) is 0 Å². The van der Waals surface area contributed by atoms with Gasteiger partial charge in [-0.05, 0) is 25.0 Å². The molecule has 0 atom stereocenters. The molecule has 0 saturated heterocycles. The van der Waals surface area contributed by atoms with E-state index in [1.165, 1.54) is 19.1 Å². The average molecular weight is 219 g/mol. The Balaban J connectivity index is 4.95. The van der Waals surface area contributed by atoms with Crippen LogP contribution in [0.1, 0.15) is 20.8 Å². The van der Waals surface area contributed by atoms with Crippen LogP contribution < -0.4 is 5.73 Å². The molecule has 0 aliphatic rings. The quantitative estimate of drug-likeness (QED) is 0.722. The van der Waals surface area contributed by atoms with Crippen LogP contribution in [0.3, 0.4) is 0 Å². The monoisotopic (exact) mass is 219 g/mol. The second kappa shape index (κ2) is 5.63. The molecule has 0 bridgehead atoms. The summed E-state index contributed by atoms with van der Waals surface area (Å²) in [7, 11) is 0. The Hall–Kier alpha value is -1.19. The van der Waals surface area contributed by atoms with Gasteiger partial charge in [-0.15, -0.1) is 0 Å². The lowest BCUT2D eigenvalue weighted by Crippen LogP contribution is -2.10. The van der Waals surface area contributed by atoms with E-state index in [1.807, 2.05) is 13.8 Å². The van der Waals surface area contributed by atoms with Crippen molar-refractivity contribution in [2.45, 2.75) is 26.9 Å². The van der Waals surface area contributed by atoms with E-state index >= 15 is 0 Å². The van der Waals surface area contributed by atoms with Crippen molar-refractivity contribution in [1.29, 1.82) is 0 Å². The number of nitrogens with two attached hydrogens (primary N) is 1. The SMILES string of the molecule is C\C=C/C(=C\C=C(/N)C(C)C)C(F)(F)F. The van der Waals surface area contributed by atoms with E-state index in [-0.39, 0.29) is 5.92 Å². The molecule has 0 aromatic rings. The average Bonchev–Trinajstić information content (AvgIpc) is 2.09. The number of rotatable bonds is 3. The van der Waals surface area contributed by atoms with E-state index in [1.54, 1.807) is 0 Å². The van der Waals surface area contributed by atoms with Gasteiger partial charge in [-0.25, -0.2) is 0 Å². The minimum atomic E-state index is -4.33. The van der Waals surface area contributed by atoms with Gasteiger partial charge in [0.2, 0.25) is 0 Å². The van der Waals surface area contributed by atoms with E-state index < -0.39 is 11.7 Å². The summed E-state index contributed by atoms with van der Waals surface area (Å²) < 4.78 is 37.1. The van der Waals surface area contributed by atoms with Gasteiger partial charge in [0, 0.05) is 5.70 Å². The van der Waals surface area contributed by atoms with E-state index in [0.29, 0.717) is 5.70 Å². The lowest BCUT2D eigenvalue weighted by molar-refractivity contribution is -0.0881. The van der Waals surface area contributed by atoms with Gasteiger partial charge in [-0.2, -0.15) is 13.2 Å². The number of hydrogen-bond acceptors (Lipinski definition) is 1. The third kappa shape index (κ3) is 5.30. The molecule has 0 aliphatic carbocycles. The van der Waals surface area contributed by atoms with Gasteiger partial charge < -0.3 is 5.73 Å². The Labute approximate surface area is 88.2 Å². The molecular weight excluding hydrogens is 203 g/mol. The summed E-state index contributed by atoms with van der Waals surface area (Å²) in [5.74, 6) is 0.0429. The van der Waals surface area contributed by atoms with E-state index in [9.17, 15) is 13.2 Å². The molecule has 0 radical (unpaired) electrons. The molecule has 1 nitrogen and oxygen atoms in total. The van der Waals surface area contributed by atoms with Gasteiger partial charge in [-0.1, -0.05) is 26.0 Å². The highest BCUT2D eigenvalue weighted by atomic mass is 19.4. The predicted octanol–water partition coefficient (Wildman–Crippen LogP) is 3.55. The molecule has 0 unspecified atom stereocenters. The maximum absolute atomic E-state index is 12.4. The van der Waals surface area contributed by atoms with Crippen LogP contribution in [0.4, 0.5) is 13.2 Å². The van der Waals surface area contributed by atoms with Gasteiger partial charge in [0.15, 0.2) is 0 Å². The molecule has 0 aliphatic heterocycles. The van der Waals surface area contributed by atoms with Crippen molar-refractivity contribution < 1.29 is 13.2 Å². The zero-order valence-corrected chi connectivity index (χ0v) is 9.10. The fourth-order valence-corrected chi connectivity index (χ4v) is 0.803. The van der Waals surface area contributed by atoms with Crippen LogP contribution in [-0.4, -0.2) is 6.18 Å². The first-order chi connectivity index (χ1) is 6.79. The van der Waals surface area contributed by atoms with Crippen LogP contribution >= 0.6 is 0 Å². The van der Waals surface area contributed by atoms with E-state index in [2.05, 4.69) is 0 Å². The molecule has 0 fully saturated rings. The largest absolute Gasteiger partial charge is 0.416 e. The van der Waals surface area contributed by atoms with Gasteiger partial charge in [-0.3, -0.25) is 0 Å². The minimum Gasteiger partial charge on any atom is -0.402 e. The third-order valence-corrected chi connectivity index (χ3v) is 1.80. The second-order valence-corrected chi connectivity index (χ2v) is 3.44. The van der Waals surface area contributed by atoms with Crippen LogP contribution in [0.25, 0.3) is 0 Å². The first kappa shape index (κ1) is 13.8. The fourth-order valence-electron chi connectivity index (χ4n) is 0.803. The van der Waals surface area contributed by atoms with Crippen molar-refractivity contribution in [3.05, 3.63) is 35.6 Å². The number of hydrogen-bond donors (Lipinski definition) is 1. The van der Waals surface area contributed by atoms with Crippen LogP contribution in [0, 0.1) is 5.92 Å². The summed E-state index contributed by atoms with van der Waals surface area (Å²) in [5.41, 5.74) is 5.26. The molecule has 4 heteroatoms. The molecule has 0 amide bonds. The number of allylic oxidation sites excluding steroid dienone is 6. The Morgan fingerprint density at radius 1 is 1.20 bits per heavy atom. The molecular formula is C11H16F3N. The summed E-state index contributed by atoms with van der Waals surface area (Å²) in [6.45, 7) is 5.18. The lowest BCUT2D eigenvalue weighted by atomic mass is 10.1. The molecule has 0 aromatic carbocycles. The lowest BCUT2D eigenvalue weighted by Gasteiger charge is -2.07. The Morgan fingerprint density at radius 3 is 2.07 bits per heavy atom. The molecule has 2 N–H and O–H groups in total. The molecule has 0 heterocycles. The van der Waals surface area contributed by atoms with Crippen molar-refractivity contribution >= 4 is 0 Å². The smallest absolute Gasteiger partial charge is 0.402 e. The maximum Gasteiger partial charge on any atom is 0.416 e. The third-order valence-electron chi connectivity index (χ3n) is 1.80. The van der Waals surface area contributed by atoms with Crippen molar-refractivity contribution in [3.63, 3.8) is 0 Å². The Bertz CT molecular complexity index is 283. The summed E-state index contributed by atoms with van der Waals surface area (Å²) in [5, 5.41) is 0. The summed E-state index contributed by atoms with van der Waals surface area (Å²) in [6.07, 6.45) is 0.325. The molecule has 0 saturated carbocycles. The van der Waals surface area contributed by atoms with Crippen molar-refractivity contribution in [2.75, 3.05) is 0 Å². The molecule has 15 heavy (non-hydrogen) atoms. The Kier molecular flexibility index (Phi) is 5.19. The van der Waals surface area contributed by atoms with Crippen LogP contribution in [-0.2, 0) is 0 Å². The Morgan fingerprint density at radius 2 is 1.73 bits per heavy atom. The van der Waals surface area contributed by atoms with Crippen molar-refractivity contribution in [1.82, 2.24) is 0 Å². The summed E-state index contributed by atoms with van der Waals surface area (Å²) in [6, 6.07) is 0. The number of alkyl halides is 3. The molecule has 86 valence electrons. The van der Waals surface area contributed by atoms with Gasteiger partial charge in [0.05, 0.1) is 5.57 Å². The normalized spacial score (nSPS) is 15.4. The zero-order chi connectivity index (χ0) is 12.1. The molecule has 0 rings (SSSR count). The van der Waals surface area contributed by atoms with Crippen molar-refractivity contribution in [3.8, 4) is 0 Å². The molecule has 0 aromatic heterocycles. The van der Waals surface area contributed by atoms with Crippen LogP contribution in [0.2, 0.25) is 0 Å². The van der Waals surface area contributed by atoms with E-state index in [0.717, 1.165) is 12.2 Å². The molecule has 0 spiro atoms. The summed E-state index contributed by atoms with van der Waals surface area (Å²) in [4.78, 5) is 0. The first-order valence-corrected chi connectivity index (χ1v) is 4.66. The highest BCUT2D eigenvalue weighted by Gasteiger charge is 2.30. The number of halogens is 3. The van der Waals surface area contributed by atoms with E-state index in [4.69, 9.17) is 5.73 Å². The zero-order valence-electron chi connectivity index (χ0n) is 9.10. The first-order valence-electron chi connectivity index (χ1n) is 4.66. The topological polar surface area (TPSA) is 26.0 Å². The van der Waals surface area contributed by atoms with Crippen LogP contribution in [0.15, 0.2) is 35.6 Å². The highest BCUT2D eigenvalue weighted by Crippen LogP contribution is 2.26. The summed E-state index contributed by atoms with van der Waals surface area (Å²) >= 11 is 0. The maximum atomic E-state index is 12.4. The second-order valence-electron chi connectivity index (χ2n) is 3.44. The van der Waals surface area contributed by atoms with Crippen LogP contribution in [0.5, 0.6) is 0 Å². The van der Waals surface area contributed by atoms with Gasteiger partial charge >= 0.3 is 6.18 Å². The predicted molar refractivity (Wildman–Crippen MR) is 56.1 cm³/mol. The standard InChI is InChI=1S/C11H16F3N/c1-4-5-9(11(12,13)14)6-7-10(15)8(2)3/h4-8H,15H2,1-3H3/b5-4-,9-6+,10-7-. The highest BCUT2D eigenvalue weighted by molar-refractivity contribution is 5.29.